The highest BCUT2D eigenvalue weighted by Crippen LogP contribution is 2.62. The molecule has 4 unspecified atom stereocenters. The SMILES string of the molecule is C[C@]12CCC3c4ccc(O)cc4CC(CCCNC(=O)c4ccc(N5CCN(C[C@H]6OC[C@H](Oc7cccc(C(F)(F)F)n7)[C@@H](O)[C@H]6O)CC5)nn4)C3C1CC[C@@H]2O. The van der Waals surface area contributed by atoms with Crippen molar-refractivity contribution in [3.05, 3.63) is 71.0 Å². The molecule has 2 aromatic heterocycles. The van der Waals surface area contributed by atoms with Crippen LogP contribution in [0.15, 0.2) is 48.5 Å². The molecular formula is C42H53F3N6O7. The molecule has 16 heteroatoms. The Morgan fingerprint density at radius 3 is 2.59 bits per heavy atom. The molecule has 3 aromatic rings. The molecule has 5 N–H and O–H groups in total. The highest BCUT2D eigenvalue weighted by atomic mass is 19.4. The van der Waals surface area contributed by atoms with E-state index in [4.69, 9.17) is 9.47 Å². The topological polar surface area (TPSA) is 174 Å². The van der Waals surface area contributed by atoms with Crippen molar-refractivity contribution in [1.82, 2.24) is 25.4 Å². The number of aromatic nitrogens is 3. The molecule has 0 radical (unpaired) electrons. The van der Waals surface area contributed by atoms with Crippen molar-refractivity contribution in [2.75, 3.05) is 50.8 Å². The number of carbonyl (C=O) groups excluding carboxylic acids is 1. The monoisotopic (exact) mass is 810 g/mol. The van der Waals surface area contributed by atoms with E-state index in [1.165, 1.54) is 17.2 Å². The Morgan fingerprint density at radius 2 is 1.83 bits per heavy atom. The number of benzene rings is 1. The fourth-order valence-corrected chi connectivity index (χ4v) is 10.6. The van der Waals surface area contributed by atoms with E-state index >= 15 is 0 Å². The lowest BCUT2D eigenvalue weighted by Gasteiger charge is -2.53. The van der Waals surface area contributed by atoms with Gasteiger partial charge in [-0.3, -0.25) is 9.69 Å². The quantitative estimate of drug-likeness (QED) is 0.187. The maximum absolute atomic E-state index is 13.1. The predicted octanol–water partition coefficient (Wildman–Crippen LogP) is 3.94. The number of phenolic OH excluding ortho intramolecular Hbond substituents is 1. The molecule has 2 saturated carbocycles. The number of carbonyl (C=O) groups is 1. The van der Waals surface area contributed by atoms with Crippen LogP contribution in [0.1, 0.15) is 78.7 Å². The number of aliphatic hydroxyl groups is 3. The molecule has 1 amide bonds. The summed E-state index contributed by atoms with van der Waals surface area (Å²) in [6.45, 7) is 5.39. The van der Waals surface area contributed by atoms with E-state index in [1.54, 1.807) is 18.2 Å². The summed E-state index contributed by atoms with van der Waals surface area (Å²) in [5.74, 6) is 2.10. The largest absolute Gasteiger partial charge is 0.508 e. The minimum atomic E-state index is -4.65. The van der Waals surface area contributed by atoms with Crippen LogP contribution in [0.3, 0.4) is 0 Å². The van der Waals surface area contributed by atoms with Gasteiger partial charge in [-0.2, -0.15) is 13.2 Å². The zero-order chi connectivity index (χ0) is 40.8. The summed E-state index contributed by atoms with van der Waals surface area (Å²) < 4.78 is 50.4. The molecule has 58 heavy (non-hydrogen) atoms. The molecule has 314 valence electrons. The number of phenols is 1. The first-order valence-corrected chi connectivity index (χ1v) is 20.6. The summed E-state index contributed by atoms with van der Waals surface area (Å²) in [5.41, 5.74) is 1.65. The van der Waals surface area contributed by atoms with Gasteiger partial charge in [0.25, 0.3) is 5.91 Å². The van der Waals surface area contributed by atoms with Gasteiger partial charge in [-0.15, -0.1) is 10.2 Å². The van der Waals surface area contributed by atoms with E-state index in [0.717, 1.165) is 57.1 Å². The van der Waals surface area contributed by atoms with Gasteiger partial charge in [-0.25, -0.2) is 4.98 Å². The number of hydrogen-bond donors (Lipinski definition) is 5. The summed E-state index contributed by atoms with van der Waals surface area (Å²) in [6, 6.07) is 12.5. The number of ether oxygens (including phenoxy) is 2. The Balaban J connectivity index is 0.785. The minimum Gasteiger partial charge on any atom is -0.508 e. The van der Waals surface area contributed by atoms with Crippen molar-refractivity contribution in [2.24, 2.45) is 23.2 Å². The number of aromatic hydroxyl groups is 1. The van der Waals surface area contributed by atoms with Gasteiger partial charge in [0.2, 0.25) is 5.88 Å². The first-order chi connectivity index (χ1) is 27.8. The maximum Gasteiger partial charge on any atom is 0.433 e. The van der Waals surface area contributed by atoms with Crippen LogP contribution in [0.2, 0.25) is 0 Å². The first kappa shape index (κ1) is 40.7. The number of nitrogens with one attached hydrogen (secondary N) is 1. The van der Waals surface area contributed by atoms with Crippen LogP contribution in [-0.2, 0) is 17.3 Å². The highest BCUT2D eigenvalue weighted by Gasteiger charge is 2.56. The number of nitrogens with zero attached hydrogens (tertiary/aromatic N) is 5. The van der Waals surface area contributed by atoms with Crippen LogP contribution in [0.25, 0.3) is 0 Å². The molecule has 2 saturated heterocycles. The van der Waals surface area contributed by atoms with Gasteiger partial charge in [0, 0.05) is 45.3 Å². The van der Waals surface area contributed by atoms with Gasteiger partial charge in [0.1, 0.15) is 23.7 Å². The van der Waals surface area contributed by atoms with Crippen molar-refractivity contribution in [3.63, 3.8) is 0 Å². The molecule has 2 aliphatic heterocycles. The van der Waals surface area contributed by atoms with E-state index in [9.17, 15) is 38.4 Å². The third-order valence-electron chi connectivity index (χ3n) is 13.8. The van der Waals surface area contributed by atoms with Crippen molar-refractivity contribution in [3.8, 4) is 11.6 Å². The highest BCUT2D eigenvalue weighted by molar-refractivity contribution is 5.92. The number of alkyl halides is 3. The van der Waals surface area contributed by atoms with E-state index < -0.39 is 36.3 Å². The number of aliphatic hydroxyl groups excluding tert-OH is 3. The zero-order valence-electron chi connectivity index (χ0n) is 32.6. The van der Waals surface area contributed by atoms with Crippen LogP contribution in [0, 0.1) is 23.2 Å². The Hall–Kier alpha value is -4.09. The van der Waals surface area contributed by atoms with E-state index in [-0.39, 0.29) is 35.6 Å². The molecule has 13 nitrogen and oxygen atoms in total. The zero-order valence-corrected chi connectivity index (χ0v) is 32.6. The van der Waals surface area contributed by atoms with Gasteiger partial charge in [0.15, 0.2) is 17.6 Å². The normalized spacial score (nSPS) is 32.5. The average Bonchev–Trinajstić information content (AvgIpc) is 3.52. The lowest BCUT2D eigenvalue weighted by atomic mass is 9.52. The van der Waals surface area contributed by atoms with Crippen molar-refractivity contribution in [2.45, 2.75) is 94.5 Å². The number of anilines is 1. The second-order valence-electron chi connectivity index (χ2n) is 17.1. The number of piperazine rings is 1. The number of fused-ring (bicyclic) bond motifs is 5. The molecule has 0 bridgehead atoms. The molecular weight excluding hydrogens is 757 g/mol. The van der Waals surface area contributed by atoms with Crippen LogP contribution in [-0.4, -0.2) is 123 Å². The van der Waals surface area contributed by atoms with Gasteiger partial charge in [-0.05, 0) is 115 Å². The standard InChI is InChI=1S/C42H53F3N6O7/c1-41-14-13-28-27-8-7-26(52)21-25(27)20-24(37(28)29(41)9-11-34(41)53)4-3-15-46-40(56)30-10-12-35(49-48-30)51-18-16-50(17-19-51)22-31-38(54)39(55)32(23-57-31)58-36-6-2-5-33(47-36)42(43,44)45/h2,5-8,10,12,21,24,28-29,31-32,34,37-39,52-55H,3-4,9,11,13-20,22-23H2,1H3,(H,46,56)/t24?,28?,29?,31-,32+,34+,37?,38+,39-,41+/m1/s1. The molecule has 4 heterocycles. The third-order valence-corrected chi connectivity index (χ3v) is 13.8. The lowest BCUT2D eigenvalue weighted by Crippen LogP contribution is -2.59. The summed E-state index contributed by atoms with van der Waals surface area (Å²) in [4.78, 5) is 20.7. The number of halogens is 3. The molecule has 4 fully saturated rings. The Kier molecular flexibility index (Phi) is 11.6. The summed E-state index contributed by atoms with van der Waals surface area (Å²) in [7, 11) is 0. The summed E-state index contributed by atoms with van der Waals surface area (Å²) >= 11 is 0. The summed E-state index contributed by atoms with van der Waals surface area (Å²) in [5, 5.41) is 54.4. The number of rotatable bonds is 10. The number of pyridine rings is 1. The Morgan fingerprint density at radius 1 is 1.02 bits per heavy atom. The van der Waals surface area contributed by atoms with Gasteiger partial charge in [0.05, 0.1) is 18.8 Å². The van der Waals surface area contributed by atoms with Crippen molar-refractivity contribution >= 4 is 11.7 Å². The lowest BCUT2D eigenvalue weighted by molar-refractivity contribution is -0.185. The molecule has 3 aliphatic carbocycles. The van der Waals surface area contributed by atoms with Gasteiger partial charge >= 0.3 is 6.18 Å². The minimum absolute atomic E-state index is 0.0527. The molecule has 0 spiro atoms. The smallest absolute Gasteiger partial charge is 0.433 e. The van der Waals surface area contributed by atoms with E-state index in [1.807, 2.05) is 6.07 Å². The number of hydrogen-bond acceptors (Lipinski definition) is 12. The molecule has 1 aromatic carbocycles. The Bertz CT molecular complexity index is 1920. The second kappa shape index (κ2) is 16.5. The number of amides is 1. The van der Waals surface area contributed by atoms with E-state index in [0.29, 0.717) is 74.5 Å². The second-order valence-corrected chi connectivity index (χ2v) is 17.1. The van der Waals surface area contributed by atoms with Crippen LogP contribution in [0.4, 0.5) is 19.0 Å². The van der Waals surface area contributed by atoms with Gasteiger partial charge < -0.3 is 40.1 Å². The summed E-state index contributed by atoms with van der Waals surface area (Å²) in [6.07, 6.45) is -2.84. The molecule has 5 aliphatic rings. The van der Waals surface area contributed by atoms with Crippen LogP contribution < -0.4 is 15.0 Å². The predicted molar refractivity (Wildman–Crippen MR) is 205 cm³/mol. The molecule has 8 rings (SSSR count). The van der Waals surface area contributed by atoms with Crippen molar-refractivity contribution in [1.29, 1.82) is 0 Å². The fraction of sp³-hybridized carbons (Fsp3) is 0.619. The van der Waals surface area contributed by atoms with Crippen LogP contribution >= 0.6 is 0 Å². The average molecular weight is 811 g/mol. The van der Waals surface area contributed by atoms with Crippen LogP contribution in [0.5, 0.6) is 11.6 Å². The van der Waals surface area contributed by atoms with Gasteiger partial charge in [-0.1, -0.05) is 19.1 Å². The van der Waals surface area contributed by atoms with E-state index in [2.05, 4.69) is 43.3 Å². The fourth-order valence-electron chi connectivity index (χ4n) is 10.6. The van der Waals surface area contributed by atoms with Crippen molar-refractivity contribution < 1.29 is 47.9 Å². The maximum atomic E-state index is 13.1. The first-order valence-electron chi connectivity index (χ1n) is 20.6. The third kappa shape index (κ3) is 8.22. The Labute approximate surface area is 335 Å². The molecule has 10 atom stereocenters.